The number of nitrogens with zero attached hydrogens (tertiary/aromatic N) is 4. The summed E-state index contributed by atoms with van der Waals surface area (Å²) in [5.41, 5.74) is 3.51. The summed E-state index contributed by atoms with van der Waals surface area (Å²) in [5.74, 6) is 2.89. The van der Waals surface area contributed by atoms with Crippen molar-refractivity contribution in [2.75, 3.05) is 40.5 Å². The number of methoxy groups -OCH3 is 1. The predicted molar refractivity (Wildman–Crippen MR) is 143 cm³/mol. The van der Waals surface area contributed by atoms with E-state index in [1.807, 2.05) is 24.3 Å². The Morgan fingerprint density at radius 3 is 2.47 bits per heavy atom. The molecule has 4 rings (SSSR count). The van der Waals surface area contributed by atoms with Crippen LogP contribution in [-0.2, 0) is 24.4 Å². The van der Waals surface area contributed by atoms with Gasteiger partial charge in [0.2, 0.25) is 0 Å². The highest BCUT2D eigenvalue weighted by atomic mass is 127. The van der Waals surface area contributed by atoms with Crippen molar-refractivity contribution in [3.05, 3.63) is 65.5 Å². The van der Waals surface area contributed by atoms with Crippen LogP contribution in [0.4, 0.5) is 0 Å². The van der Waals surface area contributed by atoms with Crippen molar-refractivity contribution in [2.45, 2.75) is 19.6 Å². The van der Waals surface area contributed by atoms with E-state index in [1.165, 1.54) is 11.1 Å². The van der Waals surface area contributed by atoms with Gasteiger partial charge in [-0.3, -0.25) is 15.0 Å². The average Bonchev–Trinajstić information content (AvgIpc) is 3.35. The number of aliphatic imine (C=N–C) groups is 1. The van der Waals surface area contributed by atoms with Gasteiger partial charge in [0.15, 0.2) is 11.8 Å². The highest BCUT2D eigenvalue weighted by Gasteiger charge is 2.13. The fourth-order valence-electron chi connectivity index (χ4n) is 3.69. The van der Waals surface area contributed by atoms with Crippen molar-refractivity contribution in [2.24, 2.45) is 4.99 Å². The summed E-state index contributed by atoms with van der Waals surface area (Å²) >= 11 is 0. The molecule has 0 amide bonds. The Morgan fingerprint density at radius 1 is 1.06 bits per heavy atom. The minimum absolute atomic E-state index is 0. The molecule has 34 heavy (non-hydrogen) atoms. The van der Waals surface area contributed by atoms with E-state index in [2.05, 4.69) is 60.0 Å². The first-order valence-corrected chi connectivity index (χ1v) is 11.1. The number of ether oxygens (including phenoxy) is 2. The third-order valence-electron chi connectivity index (χ3n) is 5.59. The summed E-state index contributed by atoms with van der Waals surface area (Å²) in [5, 5.41) is 14.0. The van der Waals surface area contributed by atoms with Crippen LogP contribution in [0.1, 0.15) is 17.0 Å². The number of benzene rings is 2. The number of aromatic amines is 1. The lowest BCUT2D eigenvalue weighted by Crippen LogP contribution is -2.38. The molecule has 1 aromatic heterocycles. The molecule has 0 unspecified atom stereocenters. The van der Waals surface area contributed by atoms with E-state index in [0.29, 0.717) is 24.9 Å². The molecule has 0 bridgehead atoms. The molecular formula is C24H32IN7O2. The fourth-order valence-corrected chi connectivity index (χ4v) is 3.69. The van der Waals surface area contributed by atoms with E-state index in [9.17, 15) is 0 Å². The number of H-pyrrole nitrogens is 1. The summed E-state index contributed by atoms with van der Waals surface area (Å²) < 4.78 is 10.7. The van der Waals surface area contributed by atoms with Crippen molar-refractivity contribution in [3.8, 4) is 17.1 Å². The molecule has 3 N–H and O–H groups in total. The molecule has 10 heteroatoms. The number of guanidine groups is 1. The molecule has 0 atom stereocenters. The summed E-state index contributed by atoms with van der Waals surface area (Å²) in [6.45, 7) is 5.66. The molecule has 1 aliphatic heterocycles. The first-order valence-electron chi connectivity index (χ1n) is 11.1. The number of rotatable bonds is 8. The zero-order valence-electron chi connectivity index (χ0n) is 19.6. The van der Waals surface area contributed by atoms with Gasteiger partial charge in [0.25, 0.3) is 0 Å². The fraction of sp³-hybridized carbons (Fsp3) is 0.375. The van der Waals surface area contributed by atoms with E-state index in [-0.39, 0.29) is 24.0 Å². The van der Waals surface area contributed by atoms with Crippen molar-refractivity contribution >= 4 is 29.9 Å². The predicted octanol–water partition coefficient (Wildman–Crippen LogP) is 2.80. The van der Waals surface area contributed by atoms with Crippen LogP contribution in [0.25, 0.3) is 11.4 Å². The molecule has 0 aliphatic carbocycles. The average molecular weight is 577 g/mol. The molecule has 1 saturated heterocycles. The third-order valence-corrected chi connectivity index (χ3v) is 5.59. The Hall–Kier alpha value is -2.70. The van der Waals surface area contributed by atoms with Gasteiger partial charge in [-0.1, -0.05) is 24.3 Å². The van der Waals surface area contributed by atoms with Gasteiger partial charge in [0.05, 0.1) is 26.9 Å². The van der Waals surface area contributed by atoms with Gasteiger partial charge in [-0.2, -0.15) is 5.10 Å². The monoisotopic (exact) mass is 577 g/mol. The van der Waals surface area contributed by atoms with Gasteiger partial charge in [0.1, 0.15) is 11.6 Å². The van der Waals surface area contributed by atoms with Gasteiger partial charge in [-0.05, 0) is 35.4 Å². The number of halogens is 1. The van der Waals surface area contributed by atoms with Crippen molar-refractivity contribution in [1.82, 2.24) is 30.7 Å². The van der Waals surface area contributed by atoms with Gasteiger partial charge >= 0.3 is 0 Å². The molecule has 0 saturated carbocycles. The lowest BCUT2D eigenvalue weighted by atomic mass is 10.1. The number of hydrogen-bond acceptors (Lipinski definition) is 6. The van der Waals surface area contributed by atoms with Crippen LogP contribution < -0.4 is 15.4 Å². The lowest BCUT2D eigenvalue weighted by molar-refractivity contribution is 0.0341. The second-order valence-corrected chi connectivity index (χ2v) is 7.77. The quantitative estimate of drug-likeness (QED) is 0.215. The molecule has 182 valence electrons. The van der Waals surface area contributed by atoms with Gasteiger partial charge in [-0.25, -0.2) is 4.98 Å². The smallest absolute Gasteiger partial charge is 0.191 e. The van der Waals surface area contributed by atoms with Crippen LogP contribution in [0.15, 0.2) is 53.5 Å². The molecule has 0 radical (unpaired) electrons. The first kappa shape index (κ1) is 25.9. The van der Waals surface area contributed by atoms with E-state index in [4.69, 9.17) is 9.47 Å². The van der Waals surface area contributed by atoms with Crippen molar-refractivity contribution < 1.29 is 9.47 Å². The number of aromatic nitrogens is 3. The van der Waals surface area contributed by atoms with Gasteiger partial charge < -0.3 is 20.1 Å². The minimum Gasteiger partial charge on any atom is -0.497 e. The second-order valence-electron chi connectivity index (χ2n) is 7.77. The molecule has 1 fully saturated rings. The van der Waals surface area contributed by atoms with Crippen LogP contribution in [0.2, 0.25) is 0 Å². The zero-order chi connectivity index (χ0) is 22.9. The number of hydrogen-bond donors (Lipinski definition) is 3. The maximum Gasteiger partial charge on any atom is 0.191 e. The van der Waals surface area contributed by atoms with E-state index in [0.717, 1.165) is 50.0 Å². The van der Waals surface area contributed by atoms with Crippen LogP contribution in [-0.4, -0.2) is 66.5 Å². The SMILES string of the molecule is CN=C(NCc1nc(-c2ccc(OC)cc2)n[nH]1)NCc1ccccc1CN1CCOCC1.I. The summed E-state index contributed by atoms with van der Waals surface area (Å²) in [7, 11) is 3.41. The van der Waals surface area contributed by atoms with Crippen LogP contribution in [0, 0.1) is 0 Å². The zero-order valence-corrected chi connectivity index (χ0v) is 21.9. The molecule has 2 heterocycles. The first-order chi connectivity index (χ1) is 16.2. The second kappa shape index (κ2) is 13.3. The summed E-state index contributed by atoms with van der Waals surface area (Å²) in [6.07, 6.45) is 0. The Balaban J connectivity index is 0.00000324. The molecular weight excluding hydrogens is 545 g/mol. The maximum atomic E-state index is 5.47. The van der Waals surface area contributed by atoms with E-state index in [1.54, 1.807) is 14.2 Å². The Bertz CT molecular complexity index is 1050. The van der Waals surface area contributed by atoms with Gasteiger partial charge in [0, 0.05) is 38.8 Å². The highest BCUT2D eigenvalue weighted by molar-refractivity contribution is 14.0. The third kappa shape index (κ3) is 7.15. The van der Waals surface area contributed by atoms with Crippen LogP contribution in [0.3, 0.4) is 0 Å². The Morgan fingerprint density at radius 2 is 1.76 bits per heavy atom. The summed E-state index contributed by atoms with van der Waals surface area (Å²) in [6, 6.07) is 16.2. The summed E-state index contributed by atoms with van der Waals surface area (Å²) in [4.78, 5) is 11.3. The standard InChI is InChI=1S/C24H31N7O2.HI/c1-25-24(26-15-19-5-3-4-6-20(19)17-31-11-13-33-14-12-31)27-16-22-28-23(30-29-22)18-7-9-21(32-2)10-8-18;/h3-10H,11-17H2,1-2H3,(H2,25,26,27)(H,28,29,30);1H. The van der Waals surface area contributed by atoms with E-state index < -0.39 is 0 Å². The maximum absolute atomic E-state index is 5.47. The molecule has 0 spiro atoms. The Kier molecular flexibility index (Phi) is 10.1. The minimum atomic E-state index is 0. The normalized spacial score (nSPS) is 14.4. The van der Waals surface area contributed by atoms with Crippen molar-refractivity contribution in [3.63, 3.8) is 0 Å². The molecule has 9 nitrogen and oxygen atoms in total. The van der Waals surface area contributed by atoms with E-state index >= 15 is 0 Å². The molecule has 3 aromatic rings. The topological polar surface area (TPSA) is 99.7 Å². The molecule has 1 aliphatic rings. The highest BCUT2D eigenvalue weighted by Crippen LogP contribution is 2.19. The van der Waals surface area contributed by atoms with Crippen LogP contribution >= 0.6 is 24.0 Å². The van der Waals surface area contributed by atoms with Gasteiger partial charge in [-0.15, -0.1) is 24.0 Å². The number of morpholine rings is 1. The number of nitrogens with one attached hydrogen (secondary N) is 3. The van der Waals surface area contributed by atoms with Crippen LogP contribution in [0.5, 0.6) is 5.75 Å². The lowest BCUT2D eigenvalue weighted by Gasteiger charge is -2.27. The Labute approximate surface area is 217 Å². The largest absolute Gasteiger partial charge is 0.497 e. The van der Waals surface area contributed by atoms with Crippen molar-refractivity contribution in [1.29, 1.82) is 0 Å². The molecule has 2 aromatic carbocycles.